The third-order valence-electron chi connectivity index (χ3n) is 3.60. The predicted molar refractivity (Wildman–Crippen MR) is 61.9 cm³/mol. The van der Waals surface area contributed by atoms with Crippen molar-refractivity contribution in [1.82, 2.24) is 0 Å². The Kier molecular flexibility index (Phi) is 3.37. The van der Waals surface area contributed by atoms with Crippen molar-refractivity contribution >= 4 is 5.78 Å². The van der Waals surface area contributed by atoms with Gasteiger partial charge in [-0.2, -0.15) is 0 Å². The van der Waals surface area contributed by atoms with Gasteiger partial charge in [0, 0.05) is 11.5 Å². The van der Waals surface area contributed by atoms with Crippen LogP contribution in [0.15, 0.2) is 24.3 Å². The number of benzene rings is 1. The summed E-state index contributed by atoms with van der Waals surface area (Å²) in [6.45, 7) is 2.17. The number of halogens is 1. The smallest absolute Gasteiger partial charge is 0.166 e. The maximum absolute atomic E-state index is 13.0. The quantitative estimate of drug-likeness (QED) is 0.707. The van der Waals surface area contributed by atoms with Crippen LogP contribution in [-0.2, 0) is 0 Å². The summed E-state index contributed by atoms with van der Waals surface area (Å²) in [5.41, 5.74) is 0.529. The Labute approximate surface area is 95.7 Å². The lowest BCUT2D eigenvalue weighted by Crippen LogP contribution is -2.11. The van der Waals surface area contributed by atoms with Gasteiger partial charge in [-0.3, -0.25) is 4.79 Å². The first-order valence-electron chi connectivity index (χ1n) is 6.00. The molecule has 1 fully saturated rings. The minimum atomic E-state index is -0.323. The normalized spacial score (nSPS) is 24.6. The summed E-state index contributed by atoms with van der Waals surface area (Å²) in [6, 6.07) is 6.04. The van der Waals surface area contributed by atoms with Crippen LogP contribution in [0.5, 0.6) is 0 Å². The summed E-state index contributed by atoms with van der Waals surface area (Å²) >= 11 is 0. The SMILES string of the molecule is CCC1CCC(C(=O)c2cccc(F)c2)C1. The molecule has 1 aromatic carbocycles. The second-order valence-corrected chi connectivity index (χ2v) is 4.66. The topological polar surface area (TPSA) is 17.1 Å². The molecule has 0 amide bonds. The van der Waals surface area contributed by atoms with Gasteiger partial charge in [-0.15, -0.1) is 0 Å². The van der Waals surface area contributed by atoms with Gasteiger partial charge in [0.1, 0.15) is 5.82 Å². The molecule has 1 aromatic rings. The highest BCUT2D eigenvalue weighted by Gasteiger charge is 2.29. The van der Waals surface area contributed by atoms with Crippen LogP contribution in [0.25, 0.3) is 0 Å². The van der Waals surface area contributed by atoms with Gasteiger partial charge in [-0.25, -0.2) is 4.39 Å². The molecule has 0 spiro atoms. The molecule has 0 heterocycles. The molecule has 1 aliphatic carbocycles. The van der Waals surface area contributed by atoms with E-state index in [0.29, 0.717) is 11.5 Å². The third kappa shape index (κ3) is 2.31. The van der Waals surface area contributed by atoms with Crippen LogP contribution in [-0.4, -0.2) is 5.78 Å². The van der Waals surface area contributed by atoms with Gasteiger partial charge in [0.05, 0.1) is 0 Å². The van der Waals surface area contributed by atoms with Crippen molar-refractivity contribution in [2.45, 2.75) is 32.6 Å². The zero-order valence-corrected chi connectivity index (χ0v) is 9.58. The molecule has 0 saturated heterocycles. The first kappa shape index (κ1) is 11.3. The molecule has 0 radical (unpaired) electrons. The van der Waals surface area contributed by atoms with Crippen molar-refractivity contribution in [3.63, 3.8) is 0 Å². The Bertz CT molecular complexity index is 386. The number of ketones is 1. The van der Waals surface area contributed by atoms with Gasteiger partial charge in [0.25, 0.3) is 0 Å². The fourth-order valence-corrected chi connectivity index (χ4v) is 2.56. The predicted octanol–water partition coefficient (Wildman–Crippen LogP) is 3.83. The average molecular weight is 220 g/mol. The molecular formula is C14H17FO. The van der Waals surface area contributed by atoms with Crippen molar-refractivity contribution < 1.29 is 9.18 Å². The van der Waals surface area contributed by atoms with Gasteiger partial charge in [-0.05, 0) is 37.3 Å². The Hall–Kier alpha value is -1.18. The molecule has 0 bridgehead atoms. The maximum Gasteiger partial charge on any atom is 0.166 e. The molecule has 1 aliphatic rings. The van der Waals surface area contributed by atoms with Crippen LogP contribution in [0.1, 0.15) is 43.0 Å². The van der Waals surface area contributed by atoms with Gasteiger partial charge in [-0.1, -0.05) is 25.5 Å². The van der Waals surface area contributed by atoms with E-state index in [0.717, 1.165) is 25.7 Å². The van der Waals surface area contributed by atoms with E-state index in [2.05, 4.69) is 6.92 Å². The Morgan fingerprint density at radius 3 is 2.88 bits per heavy atom. The lowest BCUT2D eigenvalue weighted by atomic mass is 9.94. The van der Waals surface area contributed by atoms with Gasteiger partial charge < -0.3 is 0 Å². The maximum atomic E-state index is 13.0. The van der Waals surface area contributed by atoms with Crippen molar-refractivity contribution in [2.24, 2.45) is 11.8 Å². The number of rotatable bonds is 3. The summed E-state index contributed by atoms with van der Waals surface area (Å²) in [6.07, 6.45) is 4.23. The van der Waals surface area contributed by atoms with Crippen molar-refractivity contribution in [2.75, 3.05) is 0 Å². The minimum absolute atomic E-state index is 0.117. The van der Waals surface area contributed by atoms with Crippen LogP contribution in [0.3, 0.4) is 0 Å². The van der Waals surface area contributed by atoms with Crippen molar-refractivity contribution in [3.8, 4) is 0 Å². The minimum Gasteiger partial charge on any atom is -0.294 e. The molecule has 86 valence electrons. The molecule has 0 N–H and O–H groups in total. The molecule has 2 heteroatoms. The fourth-order valence-electron chi connectivity index (χ4n) is 2.56. The fraction of sp³-hybridized carbons (Fsp3) is 0.500. The summed E-state index contributed by atoms with van der Waals surface area (Å²) < 4.78 is 13.0. The monoisotopic (exact) mass is 220 g/mol. The standard InChI is InChI=1S/C14H17FO/c1-2-10-6-7-12(8-10)14(16)11-4-3-5-13(15)9-11/h3-5,9-10,12H,2,6-8H2,1H3. The summed E-state index contributed by atoms with van der Waals surface area (Å²) in [5, 5.41) is 0. The van der Waals surface area contributed by atoms with E-state index >= 15 is 0 Å². The largest absolute Gasteiger partial charge is 0.294 e. The van der Waals surface area contributed by atoms with Gasteiger partial charge >= 0.3 is 0 Å². The van der Waals surface area contributed by atoms with Gasteiger partial charge in [0.2, 0.25) is 0 Å². The lowest BCUT2D eigenvalue weighted by Gasteiger charge is -2.09. The zero-order chi connectivity index (χ0) is 11.5. The summed E-state index contributed by atoms with van der Waals surface area (Å²) in [5.74, 6) is 0.598. The van der Waals surface area contributed by atoms with Crippen LogP contribution >= 0.6 is 0 Å². The highest BCUT2D eigenvalue weighted by Crippen LogP contribution is 2.34. The van der Waals surface area contributed by atoms with Crippen LogP contribution in [0, 0.1) is 17.7 Å². The van der Waals surface area contributed by atoms with Gasteiger partial charge in [0.15, 0.2) is 5.78 Å². The molecule has 1 nitrogen and oxygen atoms in total. The average Bonchev–Trinajstić information content (AvgIpc) is 2.76. The molecule has 1 saturated carbocycles. The molecule has 2 unspecified atom stereocenters. The summed E-state index contributed by atoms with van der Waals surface area (Å²) in [4.78, 5) is 12.1. The van der Waals surface area contributed by atoms with E-state index in [4.69, 9.17) is 0 Å². The van der Waals surface area contributed by atoms with E-state index in [1.165, 1.54) is 12.1 Å². The molecular weight excluding hydrogens is 203 g/mol. The molecule has 0 aromatic heterocycles. The zero-order valence-electron chi connectivity index (χ0n) is 9.58. The third-order valence-corrected chi connectivity index (χ3v) is 3.60. The molecule has 2 atom stereocenters. The first-order chi connectivity index (χ1) is 7.70. The molecule has 16 heavy (non-hydrogen) atoms. The van der Waals surface area contributed by atoms with Crippen LogP contribution < -0.4 is 0 Å². The van der Waals surface area contributed by atoms with Crippen LogP contribution in [0.2, 0.25) is 0 Å². The van der Waals surface area contributed by atoms with E-state index < -0.39 is 0 Å². The number of hydrogen-bond donors (Lipinski definition) is 0. The van der Waals surface area contributed by atoms with E-state index in [-0.39, 0.29) is 17.5 Å². The number of carbonyl (C=O) groups is 1. The highest BCUT2D eigenvalue weighted by molar-refractivity contribution is 5.98. The van der Waals surface area contributed by atoms with E-state index in [1.807, 2.05) is 0 Å². The molecule has 0 aliphatic heterocycles. The second-order valence-electron chi connectivity index (χ2n) is 4.66. The number of hydrogen-bond acceptors (Lipinski definition) is 1. The summed E-state index contributed by atoms with van der Waals surface area (Å²) in [7, 11) is 0. The Morgan fingerprint density at radius 2 is 2.25 bits per heavy atom. The Morgan fingerprint density at radius 1 is 1.44 bits per heavy atom. The van der Waals surface area contributed by atoms with Crippen LogP contribution in [0.4, 0.5) is 4.39 Å². The number of carbonyl (C=O) groups excluding carboxylic acids is 1. The molecule has 2 rings (SSSR count). The van der Waals surface area contributed by atoms with Crippen molar-refractivity contribution in [1.29, 1.82) is 0 Å². The Balaban J connectivity index is 2.08. The second kappa shape index (κ2) is 4.77. The first-order valence-corrected chi connectivity index (χ1v) is 6.00. The number of Topliss-reactive ketones (excluding diaryl/α,β-unsaturated/α-hetero) is 1. The van der Waals surface area contributed by atoms with E-state index in [1.54, 1.807) is 12.1 Å². The highest BCUT2D eigenvalue weighted by atomic mass is 19.1. The lowest BCUT2D eigenvalue weighted by molar-refractivity contribution is 0.0919. The van der Waals surface area contributed by atoms with Crippen molar-refractivity contribution in [3.05, 3.63) is 35.6 Å². The van der Waals surface area contributed by atoms with E-state index in [9.17, 15) is 9.18 Å².